The number of nitrogens with zero attached hydrogens (tertiary/aromatic N) is 4. The highest BCUT2D eigenvalue weighted by molar-refractivity contribution is 5.16. The van der Waals surface area contributed by atoms with Crippen molar-refractivity contribution in [3.8, 4) is 0 Å². The second kappa shape index (κ2) is 6.70. The van der Waals surface area contributed by atoms with E-state index >= 15 is 0 Å². The van der Waals surface area contributed by atoms with E-state index in [4.69, 9.17) is 0 Å². The van der Waals surface area contributed by atoms with Crippen molar-refractivity contribution in [1.82, 2.24) is 24.9 Å². The molecule has 110 valence electrons. The first-order valence-electron chi connectivity index (χ1n) is 7.40. The summed E-state index contributed by atoms with van der Waals surface area (Å²) in [5.74, 6) is 0. The molecule has 0 aliphatic heterocycles. The molecule has 0 aliphatic carbocycles. The Hall–Kier alpha value is -1.62. The van der Waals surface area contributed by atoms with Gasteiger partial charge in [0.15, 0.2) is 0 Å². The zero-order valence-corrected chi connectivity index (χ0v) is 12.9. The SMILES string of the molecule is CCCNC(Cc1ccn(C)n1)c1cc(C)nn1CC. The summed E-state index contributed by atoms with van der Waals surface area (Å²) in [6, 6.07) is 4.53. The van der Waals surface area contributed by atoms with Gasteiger partial charge in [0.1, 0.15) is 0 Å². The third-order valence-corrected chi connectivity index (χ3v) is 3.41. The Kier molecular flexibility index (Phi) is 4.95. The first-order chi connectivity index (χ1) is 9.63. The molecule has 0 aromatic carbocycles. The lowest BCUT2D eigenvalue weighted by molar-refractivity contribution is 0.473. The molecule has 5 heteroatoms. The molecule has 1 unspecified atom stereocenters. The van der Waals surface area contributed by atoms with Gasteiger partial charge in [-0.05, 0) is 38.9 Å². The molecule has 0 saturated heterocycles. The highest BCUT2D eigenvalue weighted by Gasteiger charge is 2.18. The zero-order chi connectivity index (χ0) is 14.5. The minimum Gasteiger partial charge on any atom is -0.308 e. The van der Waals surface area contributed by atoms with Crippen LogP contribution in [0.5, 0.6) is 0 Å². The lowest BCUT2D eigenvalue weighted by Crippen LogP contribution is -2.26. The third-order valence-electron chi connectivity index (χ3n) is 3.41. The Balaban J connectivity index is 2.21. The molecule has 0 fully saturated rings. The van der Waals surface area contributed by atoms with Crippen molar-refractivity contribution in [2.75, 3.05) is 6.54 Å². The van der Waals surface area contributed by atoms with Crippen molar-refractivity contribution >= 4 is 0 Å². The van der Waals surface area contributed by atoms with Gasteiger partial charge in [0.2, 0.25) is 0 Å². The predicted molar refractivity (Wildman–Crippen MR) is 80.6 cm³/mol. The van der Waals surface area contributed by atoms with E-state index in [2.05, 4.69) is 46.2 Å². The van der Waals surface area contributed by atoms with Crippen LogP contribution in [0.1, 0.15) is 43.4 Å². The maximum atomic E-state index is 4.56. The highest BCUT2D eigenvalue weighted by atomic mass is 15.3. The van der Waals surface area contributed by atoms with Crippen LogP contribution in [0, 0.1) is 6.92 Å². The molecular weight excluding hydrogens is 250 g/mol. The fourth-order valence-corrected chi connectivity index (χ4v) is 2.48. The zero-order valence-electron chi connectivity index (χ0n) is 12.9. The summed E-state index contributed by atoms with van der Waals surface area (Å²) in [6.07, 6.45) is 4.01. The molecule has 0 spiro atoms. The van der Waals surface area contributed by atoms with E-state index in [1.165, 1.54) is 5.69 Å². The van der Waals surface area contributed by atoms with E-state index in [0.29, 0.717) is 0 Å². The van der Waals surface area contributed by atoms with Crippen LogP contribution in [0.25, 0.3) is 0 Å². The van der Waals surface area contributed by atoms with Gasteiger partial charge in [-0.25, -0.2) is 0 Å². The molecular formula is C15H25N5. The van der Waals surface area contributed by atoms with E-state index in [9.17, 15) is 0 Å². The van der Waals surface area contributed by atoms with Crippen LogP contribution in [0.4, 0.5) is 0 Å². The van der Waals surface area contributed by atoms with Crippen LogP contribution in [-0.2, 0) is 20.0 Å². The Morgan fingerprint density at radius 1 is 1.30 bits per heavy atom. The number of nitrogens with one attached hydrogen (secondary N) is 1. The van der Waals surface area contributed by atoms with Crippen molar-refractivity contribution < 1.29 is 0 Å². The Morgan fingerprint density at radius 2 is 2.10 bits per heavy atom. The largest absolute Gasteiger partial charge is 0.308 e. The average Bonchev–Trinajstić information content (AvgIpc) is 3.00. The maximum absolute atomic E-state index is 4.56. The normalized spacial score (nSPS) is 12.8. The monoisotopic (exact) mass is 275 g/mol. The fraction of sp³-hybridized carbons (Fsp3) is 0.600. The summed E-state index contributed by atoms with van der Waals surface area (Å²) in [7, 11) is 1.96. The minimum absolute atomic E-state index is 0.269. The molecule has 1 atom stereocenters. The molecule has 20 heavy (non-hydrogen) atoms. The van der Waals surface area contributed by atoms with Crippen molar-refractivity contribution in [1.29, 1.82) is 0 Å². The van der Waals surface area contributed by atoms with Crippen LogP contribution in [-0.4, -0.2) is 26.1 Å². The van der Waals surface area contributed by atoms with Gasteiger partial charge < -0.3 is 5.32 Å². The highest BCUT2D eigenvalue weighted by Crippen LogP contribution is 2.19. The van der Waals surface area contributed by atoms with E-state index in [0.717, 1.165) is 37.3 Å². The van der Waals surface area contributed by atoms with E-state index in [1.54, 1.807) is 0 Å². The van der Waals surface area contributed by atoms with E-state index in [1.807, 2.05) is 24.9 Å². The molecule has 2 heterocycles. The number of hydrogen-bond donors (Lipinski definition) is 1. The average molecular weight is 275 g/mol. The summed E-state index contributed by atoms with van der Waals surface area (Å²) < 4.78 is 3.94. The second-order valence-corrected chi connectivity index (χ2v) is 5.22. The maximum Gasteiger partial charge on any atom is 0.0644 e. The molecule has 0 radical (unpaired) electrons. The topological polar surface area (TPSA) is 47.7 Å². The Bertz CT molecular complexity index is 540. The third kappa shape index (κ3) is 3.48. The predicted octanol–water partition coefficient (Wildman–Crippen LogP) is 2.23. The summed E-state index contributed by atoms with van der Waals surface area (Å²) in [4.78, 5) is 0. The molecule has 5 nitrogen and oxygen atoms in total. The van der Waals surface area contributed by atoms with Crippen molar-refractivity contribution in [3.05, 3.63) is 35.4 Å². The number of rotatable bonds is 7. The summed E-state index contributed by atoms with van der Waals surface area (Å²) in [6.45, 7) is 8.27. The molecule has 0 bridgehead atoms. The van der Waals surface area contributed by atoms with Crippen LogP contribution >= 0.6 is 0 Å². The Labute approximate surface area is 121 Å². The molecule has 0 amide bonds. The smallest absolute Gasteiger partial charge is 0.0644 e. The van der Waals surface area contributed by atoms with Gasteiger partial charge in [-0.3, -0.25) is 9.36 Å². The molecule has 2 rings (SSSR count). The van der Waals surface area contributed by atoms with Crippen LogP contribution < -0.4 is 5.32 Å². The van der Waals surface area contributed by atoms with Gasteiger partial charge in [-0.1, -0.05) is 6.92 Å². The molecule has 0 saturated carbocycles. The van der Waals surface area contributed by atoms with Gasteiger partial charge in [0, 0.05) is 26.2 Å². The molecule has 2 aromatic heterocycles. The summed E-state index contributed by atoms with van der Waals surface area (Å²) >= 11 is 0. The van der Waals surface area contributed by atoms with Crippen LogP contribution in [0.15, 0.2) is 18.3 Å². The quantitative estimate of drug-likeness (QED) is 0.843. The molecule has 1 N–H and O–H groups in total. The number of aryl methyl sites for hydroxylation is 3. The van der Waals surface area contributed by atoms with Gasteiger partial charge in [-0.2, -0.15) is 10.2 Å². The lowest BCUT2D eigenvalue weighted by atomic mass is 10.1. The fourth-order valence-electron chi connectivity index (χ4n) is 2.48. The van der Waals surface area contributed by atoms with Crippen molar-refractivity contribution in [2.45, 2.75) is 46.2 Å². The molecule has 0 aliphatic rings. The van der Waals surface area contributed by atoms with E-state index < -0.39 is 0 Å². The van der Waals surface area contributed by atoms with Crippen molar-refractivity contribution in [3.63, 3.8) is 0 Å². The Morgan fingerprint density at radius 3 is 2.70 bits per heavy atom. The minimum atomic E-state index is 0.269. The summed E-state index contributed by atoms with van der Waals surface area (Å²) in [5, 5.41) is 12.7. The van der Waals surface area contributed by atoms with Gasteiger partial charge in [-0.15, -0.1) is 0 Å². The van der Waals surface area contributed by atoms with Crippen LogP contribution in [0.3, 0.4) is 0 Å². The standard InChI is InChI=1S/C15H25N5/c1-5-8-16-14(11-13-7-9-19(4)18-13)15-10-12(3)17-20(15)6-2/h7,9-10,14,16H,5-6,8,11H2,1-4H3. The lowest BCUT2D eigenvalue weighted by Gasteiger charge is -2.18. The molecule has 2 aromatic rings. The number of hydrogen-bond acceptors (Lipinski definition) is 3. The van der Waals surface area contributed by atoms with Gasteiger partial charge >= 0.3 is 0 Å². The first-order valence-corrected chi connectivity index (χ1v) is 7.40. The first kappa shape index (κ1) is 14.8. The number of aromatic nitrogens is 4. The van der Waals surface area contributed by atoms with Gasteiger partial charge in [0.25, 0.3) is 0 Å². The summed E-state index contributed by atoms with van der Waals surface area (Å²) in [5.41, 5.74) is 3.44. The van der Waals surface area contributed by atoms with E-state index in [-0.39, 0.29) is 6.04 Å². The van der Waals surface area contributed by atoms with Crippen molar-refractivity contribution in [2.24, 2.45) is 7.05 Å². The van der Waals surface area contributed by atoms with Gasteiger partial charge in [0.05, 0.1) is 23.1 Å². The second-order valence-electron chi connectivity index (χ2n) is 5.22. The van der Waals surface area contributed by atoms with Crippen LogP contribution in [0.2, 0.25) is 0 Å².